The number of aryl methyl sites for hydroxylation is 2. The van der Waals surface area contributed by atoms with Gasteiger partial charge in [0.15, 0.2) is 11.0 Å². The van der Waals surface area contributed by atoms with Crippen molar-refractivity contribution in [2.75, 3.05) is 11.1 Å². The zero-order valence-electron chi connectivity index (χ0n) is 16.9. The predicted molar refractivity (Wildman–Crippen MR) is 114 cm³/mol. The third kappa shape index (κ3) is 5.44. The minimum absolute atomic E-state index is 0.0948. The topological polar surface area (TPSA) is 88.9 Å². The summed E-state index contributed by atoms with van der Waals surface area (Å²) in [4.78, 5) is 24.5. The quantitative estimate of drug-likeness (QED) is 0.565. The summed E-state index contributed by atoms with van der Waals surface area (Å²) >= 11 is 1.21. The summed E-state index contributed by atoms with van der Waals surface area (Å²) < 4.78 is 15.1. The van der Waals surface area contributed by atoms with E-state index in [1.165, 1.54) is 23.9 Å². The van der Waals surface area contributed by atoms with Crippen molar-refractivity contribution in [3.05, 3.63) is 70.8 Å². The number of anilines is 1. The standard InChI is InChI=1S/C21H22FN5O2S/c1-13-5-4-6-15(9-13)20(29)23-11-18-25-26-21(27(18)3)30-12-19(28)24-17-10-16(22)8-7-14(17)2/h4-10H,11-12H2,1-3H3,(H,23,29)(H,24,28). The molecule has 7 nitrogen and oxygen atoms in total. The number of hydrogen-bond acceptors (Lipinski definition) is 5. The van der Waals surface area contributed by atoms with E-state index in [1.807, 2.05) is 25.1 Å². The molecule has 0 bridgehead atoms. The van der Waals surface area contributed by atoms with Gasteiger partial charge in [0.05, 0.1) is 12.3 Å². The summed E-state index contributed by atoms with van der Waals surface area (Å²) in [5, 5.41) is 14.2. The number of benzene rings is 2. The van der Waals surface area contributed by atoms with Crippen LogP contribution in [0.1, 0.15) is 27.3 Å². The molecule has 0 unspecified atom stereocenters. The van der Waals surface area contributed by atoms with Gasteiger partial charge in [-0.2, -0.15) is 0 Å². The fraction of sp³-hybridized carbons (Fsp3) is 0.238. The third-order valence-corrected chi connectivity index (χ3v) is 5.44. The number of carbonyl (C=O) groups excluding carboxylic acids is 2. The first-order chi connectivity index (χ1) is 14.3. The molecule has 0 saturated carbocycles. The highest BCUT2D eigenvalue weighted by Gasteiger charge is 2.14. The van der Waals surface area contributed by atoms with Crippen LogP contribution in [0.5, 0.6) is 0 Å². The summed E-state index contributed by atoms with van der Waals surface area (Å²) in [6.45, 7) is 3.93. The molecular weight excluding hydrogens is 405 g/mol. The SMILES string of the molecule is Cc1cccc(C(=O)NCc2nnc(SCC(=O)Nc3cc(F)ccc3C)n2C)c1. The number of rotatable bonds is 7. The molecule has 0 aliphatic rings. The Morgan fingerprint density at radius 3 is 2.70 bits per heavy atom. The van der Waals surface area contributed by atoms with Gasteiger partial charge in [0.2, 0.25) is 5.91 Å². The van der Waals surface area contributed by atoms with Crippen molar-refractivity contribution in [2.24, 2.45) is 7.05 Å². The Morgan fingerprint density at radius 1 is 1.13 bits per heavy atom. The number of nitrogens with one attached hydrogen (secondary N) is 2. The molecule has 0 aliphatic carbocycles. The molecule has 30 heavy (non-hydrogen) atoms. The average molecular weight is 428 g/mol. The van der Waals surface area contributed by atoms with E-state index in [9.17, 15) is 14.0 Å². The molecule has 156 valence electrons. The maximum Gasteiger partial charge on any atom is 0.251 e. The van der Waals surface area contributed by atoms with Crippen molar-refractivity contribution in [2.45, 2.75) is 25.5 Å². The highest BCUT2D eigenvalue weighted by Crippen LogP contribution is 2.19. The second kappa shape index (κ2) is 9.53. The summed E-state index contributed by atoms with van der Waals surface area (Å²) in [7, 11) is 1.77. The Bertz CT molecular complexity index is 1080. The van der Waals surface area contributed by atoms with Crippen LogP contribution in [0, 0.1) is 19.7 Å². The van der Waals surface area contributed by atoms with Gasteiger partial charge in [0.25, 0.3) is 5.91 Å². The molecule has 3 rings (SSSR count). The Hall–Kier alpha value is -3.20. The number of halogens is 1. The monoisotopic (exact) mass is 427 g/mol. The zero-order chi connectivity index (χ0) is 21.7. The Balaban J connectivity index is 1.54. The molecule has 0 atom stereocenters. The average Bonchev–Trinajstić information content (AvgIpc) is 3.07. The molecule has 0 radical (unpaired) electrons. The van der Waals surface area contributed by atoms with Crippen LogP contribution in [0.15, 0.2) is 47.6 Å². The van der Waals surface area contributed by atoms with Crippen molar-refractivity contribution < 1.29 is 14.0 Å². The Morgan fingerprint density at radius 2 is 1.93 bits per heavy atom. The van der Waals surface area contributed by atoms with Crippen molar-refractivity contribution >= 4 is 29.3 Å². The molecular formula is C21H22FN5O2S. The Kier molecular flexibility index (Phi) is 6.83. The van der Waals surface area contributed by atoms with Gasteiger partial charge in [-0.1, -0.05) is 35.5 Å². The third-order valence-electron chi connectivity index (χ3n) is 4.42. The highest BCUT2D eigenvalue weighted by molar-refractivity contribution is 7.99. The van der Waals surface area contributed by atoms with Gasteiger partial charge in [0.1, 0.15) is 5.82 Å². The van der Waals surface area contributed by atoms with E-state index in [2.05, 4.69) is 20.8 Å². The van der Waals surface area contributed by atoms with E-state index in [-0.39, 0.29) is 24.1 Å². The van der Waals surface area contributed by atoms with Crippen LogP contribution in [-0.2, 0) is 18.4 Å². The van der Waals surface area contributed by atoms with Gasteiger partial charge < -0.3 is 15.2 Å². The van der Waals surface area contributed by atoms with Gasteiger partial charge >= 0.3 is 0 Å². The second-order valence-electron chi connectivity index (χ2n) is 6.81. The Labute approximate surface area is 178 Å². The van der Waals surface area contributed by atoms with Crippen LogP contribution < -0.4 is 10.6 Å². The van der Waals surface area contributed by atoms with Gasteiger partial charge in [0, 0.05) is 18.3 Å². The van der Waals surface area contributed by atoms with Gasteiger partial charge in [-0.3, -0.25) is 9.59 Å². The number of thioether (sulfide) groups is 1. The summed E-state index contributed by atoms with van der Waals surface area (Å²) in [5.74, 6) is -0.210. The number of nitrogens with zero attached hydrogens (tertiary/aromatic N) is 3. The molecule has 1 aromatic heterocycles. The van der Waals surface area contributed by atoms with Gasteiger partial charge in [-0.05, 0) is 43.7 Å². The molecule has 0 spiro atoms. The number of hydrogen-bond donors (Lipinski definition) is 2. The number of aromatic nitrogens is 3. The molecule has 0 fully saturated rings. The van der Waals surface area contributed by atoms with Crippen LogP contribution in [0.25, 0.3) is 0 Å². The van der Waals surface area contributed by atoms with Crippen molar-refractivity contribution in [1.29, 1.82) is 0 Å². The fourth-order valence-corrected chi connectivity index (χ4v) is 3.45. The second-order valence-corrected chi connectivity index (χ2v) is 7.75. The van der Waals surface area contributed by atoms with E-state index >= 15 is 0 Å². The largest absolute Gasteiger partial charge is 0.345 e. The minimum Gasteiger partial charge on any atom is -0.345 e. The summed E-state index contributed by atoms with van der Waals surface area (Å²) in [5.41, 5.74) is 2.81. The lowest BCUT2D eigenvalue weighted by atomic mass is 10.1. The summed E-state index contributed by atoms with van der Waals surface area (Å²) in [6.07, 6.45) is 0. The summed E-state index contributed by atoms with van der Waals surface area (Å²) in [6, 6.07) is 11.6. The van der Waals surface area contributed by atoms with E-state index < -0.39 is 5.82 Å². The van der Waals surface area contributed by atoms with Crippen molar-refractivity contribution in [3.63, 3.8) is 0 Å². The van der Waals surface area contributed by atoms with Crippen LogP contribution >= 0.6 is 11.8 Å². The van der Waals surface area contributed by atoms with Crippen LogP contribution in [0.4, 0.5) is 10.1 Å². The molecule has 2 amide bonds. The van der Waals surface area contributed by atoms with Gasteiger partial charge in [-0.15, -0.1) is 10.2 Å². The van der Waals surface area contributed by atoms with Crippen LogP contribution in [0.2, 0.25) is 0 Å². The van der Waals surface area contributed by atoms with E-state index in [0.29, 0.717) is 22.2 Å². The van der Waals surface area contributed by atoms with Crippen LogP contribution in [-0.4, -0.2) is 32.3 Å². The van der Waals surface area contributed by atoms with Crippen molar-refractivity contribution in [3.8, 4) is 0 Å². The first-order valence-electron chi connectivity index (χ1n) is 9.25. The number of amides is 2. The lowest BCUT2D eigenvalue weighted by Gasteiger charge is -2.08. The highest BCUT2D eigenvalue weighted by atomic mass is 32.2. The first kappa shape index (κ1) is 21.5. The predicted octanol–water partition coefficient (Wildman–Crippen LogP) is 3.23. The molecule has 2 aromatic carbocycles. The molecule has 2 N–H and O–H groups in total. The molecule has 1 heterocycles. The minimum atomic E-state index is -0.408. The fourth-order valence-electron chi connectivity index (χ4n) is 2.72. The normalized spacial score (nSPS) is 10.7. The maximum absolute atomic E-state index is 13.4. The zero-order valence-corrected chi connectivity index (χ0v) is 17.7. The van der Waals surface area contributed by atoms with Gasteiger partial charge in [-0.25, -0.2) is 4.39 Å². The lowest BCUT2D eigenvalue weighted by molar-refractivity contribution is -0.113. The molecule has 9 heteroatoms. The van der Waals surface area contributed by atoms with E-state index in [0.717, 1.165) is 11.1 Å². The van der Waals surface area contributed by atoms with Crippen LogP contribution in [0.3, 0.4) is 0 Å². The van der Waals surface area contributed by atoms with E-state index in [1.54, 1.807) is 30.7 Å². The van der Waals surface area contributed by atoms with E-state index in [4.69, 9.17) is 0 Å². The smallest absolute Gasteiger partial charge is 0.251 e. The first-order valence-corrected chi connectivity index (χ1v) is 10.2. The maximum atomic E-state index is 13.4. The van der Waals surface area contributed by atoms with Crippen molar-refractivity contribution in [1.82, 2.24) is 20.1 Å². The molecule has 0 aliphatic heterocycles. The lowest BCUT2D eigenvalue weighted by Crippen LogP contribution is -2.24. The molecule has 3 aromatic rings. The molecule has 0 saturated heterocycles. The number of carbonyl (C=O) groups is 2.